The SMILES string of the molecule is CC(C)(C)OC(=O)NC[C@@H]1CCCN1C(=O)c1cc2ncnc(N[C@@H](CCC(=O)OCc3ccccc3)c3nc4cc(Cl)ccc4[nH]3)c2cc1Cl. The zero-order chi connectivity index (χ0) is 36.1. The van der Waals surface area contributed by atoms with E-state index < -0.39 is 17.7 Å². The maximum Gasteiger partial charge on any atom is 0.407 e. The molecule has 1 fully saturated rings. The second-order valence-electron chi connectivity index (χ2n) is 13.4. The number of nitrogens with one attached hydrogen (secondary N) is 3. The summed E-state index contributed by atoms with van der Waals surface area (Å²) in [5.74, 6) is 0.414. The lowest BCUT2D eigenvalue weighted by Crippen LogP contribution is -2.44. The highest BCUT2D eigenvalue weighted by atomic mass is 35.5. The van der Waals surface area contributed by atoms with E-state index in [4.69, 9.17) is 37.7 Å². The van der Waals surface area contributed by atoms with Gasteiger partial charge in [0.25, 0.3) is 5.91 Å². The largest absolute Gasteiger partial charge is 0.461 e. The molecule has 0 unspecified atom stereocenters. The lowest BCUT2D eigenvalue weighted by molar-refractivity contribution is -0.145. The molecule has 0 aliphatic carbocycles. The predicted molar refractivity (Wildman–Crippen MR) is 196 cm³/mol. The first-order valence-electron chi connectivity index (χ1n) is 16.8. The zero-order valence-electron chi connectivity index (χ0n) is 28.5. The Morgan fingerprint density at radius 3 is 2.63 bits per heavy atom. The van der Waals surface area contributed by atoms with Crippen molar-refractivity contribution in [3.8, 4) is 0 Å². The van der Waals surface area contributed by atoms with Crippen LogP contribution in [0.3, 0.4) is 0 Å². The number of aromatic nitrogens is 4. The van der Waals surface area contributed by atoms with Crippen molar-refractivity contribution in [3.05, 3.63) is 94.0 Å². The minimum atomic E-state index is -0.627. The Bertz CT molecular complexity index is 2050. The summed E-state index contributed by atoms with van der Waals surface area (Å²) in [4.78, 5) is 57.7. The summed E-state index contributed by atoms with van der Waals surface area (Å²) in [5, 5.41) is 7.58. The van der Waals surface area contributed by atoms with Gasteiger partial charge in [-0.25, -0.2) is 19.7 Å². The number of anilines is 1. The van der Waals surface area contributed by atoms with Crippen LogP contribution < -0.4 is 10.6 Å². The highest BCUT2D eigenvalue weighted by molar-refractivity contribution is 6.35. The van der Waals surface area contributed by atoms with Gasteiger partial charge in [-0.2, -0.15) is 0 Å². The van der Waals surface area contributed by atoms with Crippen molar-refractivity contribution >= 4 is 68.9 Å². The lowest BCUT2D eigenvalue weighted by Gasteiger charge is -2.26. The van der Waals surface area contributed by atoms with Crippen LogP contribution in [0.15, 0.2) is 67.0 Å². The minimum Gasteiger partial charge on any atom is -0.461 e. The molecular weight excluding hydrogens is 693 g/mol. The Morgan fingerprint density at radius 2 is 1.84 bits per heavy atom. The Morgan fingerprint density at radius 1 is 1.04 bits per heavy atom. The number of likely N-dealkylation sites (tertiary alicyclic amines) is 1. The predicted octanol–water partition coefficient (Wildman–Crippen LogP) is 7.62. The van der Waals surface area contributed by atoms with Gasteiger partial charge in [0.1, 0.15) is 30.2 Å². The van der Waals surface area contributed by atoms with Gasteiger partial charge >= 0.3 is 12.1 Å². The van der Waals surface area contributed by atoms with Crippen LogP contribution in [0.25, 0.3) is 21.9 Å². The summed E-state index contributed by atoms with van der Waals surface area (Å²) in [6.07, 6.45) is 2.83. The first kappa shape index (κ1) is 35.9. The Kier molecular flexibility index (Phi) is 10.9. The van der Waals surface area contributed by atoms with Crippen LogP contribution in [0, 0.1) is 0 Å². The molecule has 1 aliphatic heterocycles. The van der Waals surface area contributed by atoms with Crippen LogP contribution in [0.1, 0.15) is 74.2 Å². The van der Waals surface area contributed by atoms with E-state index in [1.165, 1.54) is 6.33 Å². The van der Waals surface area contributed by atoms with Gasteiger partial charge in [0.2, 0.25) is 0 Å². The zero-order valence-corrected chi connectivity index (χ0v) is 30.1. The molecule has 2 amide bonds. The molecule has 14 heteroatoms. The van der Waals surface area contributed by atoms with Crippen molar-refractivity contribution in [2.75, 3.05) is 18.4 Å². The summed E-state index contributed by atoms with van der Waals surface area (Å²) >= 11 is 13.0. The van der Waals surface area contributed by atoms with Crippen molar-refractivity contribution in [2.24, 2.45) is 0 Å². The van der Waals surface area contributed by atoms with Gasteiger partial charge in [-0.3, -0.25) is 9.59 Å². The standard InChI is InChI=1S/C37H39Cl2N7O5/c1-37(2,3)51-36(49)40-19-24-10-7-15-46(24)35(48)25-18-30-26(17-27(25)39)33(42-21-41-30)44-29(34-43-28-12-11-23(38)16-31(28)45-34)13-14-32(47)50-20-22-8-5-4-6-9-22/h4-6,8-9,11-12,16-18,21,24,29H,7,10,13-15,19-20H2,1-3H3,(H,40,49)(H,43,45)(H,41,42,44)/t24-,29-/m0/s1. The van der Waals surface area contributed by atoms with E-state index in [0.717, 1.165) is 23.9 Å². The number of aromatic amines is 1. The molecule has 1 aliphatic rings. The molecular formula is C37H39Cl2N7O5. The van der Waals surface area contributed by atoms with E-state index >= 15 is 0 Å². The minimum absolute atomic E-state index is 0.102. The molecule has 2 aromatic heterocycles. The molecule has 0 spiro atoms. The molecule has 0 bridgehead atoms. The van der Waals surface area contributed by atoms with E-state index in [1.54, 1.807) is 49.9 Å². The number of esters is 1. The summed E-state index contributed by atoms with van der Waals surface area (Å²) in [6.45, 7) is 6.35. The smallest absolute Gasteiger partial charge is 0.407 e. The van der Waals surface area contributed by atoms with Crippen LogP contribution in [0.5, 0.6) is 0 Å². The number of ether oxygens (including phenoxy) is 2. The molecule has 2 atom stereocenters. The van der Waals surface area contributed by atoms with E-state index in [9.17, 15) is 14.4 Å². The average Bonchev–Trinajstić information content (AvgIpc) is 3.74. The summed E-state index contributed by atoms with van der Waals surface area (Å²) in [5.41, 5.74) is 2.53. The van der Waals surface area contributed by atoms with Crippen molar-refractivity contribution in [1.29, 1.82) is 0 Å². The maximum absolute atomic E-state index is 13.8. The Balaban J connectivity index is 1.21. The maximum atomic E-state index is 13.8. The number of halogens is 2. The van der Waals surface area contributed by atoms with E-state index in [1.807, 2.05) is 36.4 Å². The Labute approximate surface area is 305 Å². The molecule has 0 saturated carbocycles. The number of carbonyl (C=O) groups is 3. The fraction of sp³-hybridized carbons (Fsp3) is 0.351. The van der Waals surface area contributed by atoms with E-state index in [0.29, 0.717) is 51.6 Å². The number of carbonyl (C=O) groups excluding carboxylic acids is 3. The van der Waals surface area contributed by atoms with Crippen molar-refractivity contribution in [1.82, 2.24) is 30.2 Å². The topological polar surface area (TPSA) is 151 Å². The number of nitrogens with zero attached hydrogens (tertiary/aromatic N) is 4. The fourth-order valence-corrected chi connectivity index (χ4v) is 6.43. The molecule has 51 heavy (non-hydrogen) atoms. The molecule has 3 aromatic carbocycles. The third-order valence-electron chi connectivity index (χ3n) is 8.46. The number of hydrogen-bond donors (Lipinski definition) is 3. The van der Waals surface area contributed by atoms with Gasteiger partial charge in [-0.15, -0.1) is 0 Å². The van der Waals surface area contributed by atoms with Gasteiger partial charge in [0, 0.05) is 36.0 Å². The van der Waals surface area contributed by atoms with Crippen LogP contribution in [0.2, 0.25) is 10.0 Å². The molecule has 5 aromatic rings. The third-order valence-corrected chi connectivity index (χ3v) is 9.01. The average molecular weight is 733 g/mol. The van der Waals surface area contributed by atoms with E-state index in [-0.39, 0.29) is 42.5 Å². The Hall–Kier alpha value is -4.94. The highest BCUT2D eigenvalue weighted by Crippen LogP contribution is 2.32. The second kappa shape index (κ2) is 15.5. The van der Waals surface area contributed by atoms with Gasteiger partial charge in [0.15, 0.2) is 0 Å². The number of amides is 2. The van der Waals surface area contributed by atoms with E-state index in [2.05, 4.69) is 25.6 Å². The summed E-state index contributed by atoms with van der Waals surface area (Å²) < 4.78 is 10.9. The lowest BCUT2D eigenvalue weighted by atomic mass is 10.1. The number of benzene rings is 3. The van der Waals surface area contributed by atoms with Crippen molar-refractivity contribution in [2.45, 2.75) is 70.7 Å². The van der Waals surface area contributed by atoms with Gasteiger partial charge in [-0.1, -0.05) is 53.5 Å². The monoisotopic (exact) mass is 731 g/mol. The fourth-order valence-electron chi connectivity index (χ4n) is 6.02. The summed E-state index contributed by atoms with van der Waals surface area (Å²) in [7, 11) is 0. The number of imidazole rings is 1. The third kappa shape index (κ3) is 9.05. The van der Waals surface area contributed by atoms with Gasteiger partial charge in [0.05, 0.1) is 33.2 Å². The van der Waals surface area contributed by atoms with Gasteiger partial charge in [-0.05, 0) is 75.9 Å². The van der Waals surface area contributed by atoms with Crippen LogP contribution in [0.4, 0.5) is 10.6 Å². The molecule has 266 valence electrons. The van der Waals surface area contributed by atoms with Crippen molar-refractivity contribution < 1.29 is 23.9 Å². The second-order valence-corrected chi connectivity index (χ2v) is 14.3. The first-order chi connectivity index (χ1) is 24.4. The number of rotatable bonds is 11. The highest BCUT2D eigenvalue weighted by Gasteiger charge is 2.32. The molecule has 12 nitrogen and oxygen atoms in total. The number of fused-ring (bicyclic) bond motifs is 2. The molecule has 1 saturated heterocycles. The van der Waals surface area contributed by atoms with Crippen LogP contribution >= 0.6 is 23.2 Å². The van der Waals surface area contributed by atoms with Gasteiger partial charge < -0.3 is 30.0 Å². The molecule has 6 rings (SSSR count). The van der Waals surface area contributed by atoms with Crippen molar-refractivity contribution in [3.63, 3.8) is 0 Å². The van der Waals surface area contributed by atoms with Crippen LogP contribution in [-0.4, -0.2) is 67.5 Å². The normalized spacial score (nSPS) is 15.2. The quantitative estimate of drug-likeness (QED) is 0.117. The molecule has 3 heterocycles. The number of hydrogen-bond acceptors (Lipinski definition) is 9. The molecule has 0 radical (unpaired) electrons. The van der Waals surface area contributed by atoms with Crippen LogP contribution in [-0.2, 0) is 20.9 Å². The first-order valence-corrected chi connectivity index (χ1v) is 17.5. The number of alkyl carbamates (subject to hydrolysis) is 1. The number of H-pyrrole nitrogens is 1. The molecule has 3 N–H and O–H groups in total. The summed E-state index contributed by atoms with van der Waals surface area (Å²) in [6, 6.07) is 17.5.